The number of piperazine rings is 1. The van der Waals surface area contributed by atoms with Gasteiger partial charge in [-0.25, -0.2) is 13.4 Å². The Bertz CT molecular complexity index is 1270. The average Bonchev–Trinajstić information content (AvgIpc) is 3.49. The fourth-order valence-corrected chi connectivity index (χ4v) is 6.29. The standard InChI is InChI=1S/C19H15ClF3N5O3S/c20-14-3-1-2-4-15(14)32(29,30)28-10-12-7-13(28)9-27(12)16-6-5-11(8-24-16)17-25-18(31-26-17)19(21,22)23/h1-6,8,12-13H,7,9-10H2. The van der Waals surface area contributed by atoms with Crippen LogP contribution in [0.1, 0.15) is 12.3 Å². The SMILES string of the molecule is O=S(=O)(c1ccccc1Cl)N1CC2CC1CN2c1ccc(-c2noc(C(F)(F)F)n2)cn1. The molecule has 2 aliphatic rings. The van der Waals surface area contributed by atoms with Gasteiger partial charge in [0.15, 0.2) is 0 Å². The Morgan fingerprint density at radius 3 is 2.47 bits per heavy atom. The van der Waals surface area contributed by atoms with Crippen LogP contribution in [0, 0.1) is 0 Å². The van der Waals surface area contributed by atoms with Gasteiger partial charge in [0.1, 0.15) is 10.7 Å². The summed E-state index contributed by atoms with van der Waals surface area (Å²) in [6, 6.07) is 9.24. The maximum absolute atomic E-state index is 13.1. The predicted molar refractivity (Wildman–Crippen MR) is 107 cm³/mol. The van der Waals surface area contributed by atoms with E-state index in [0.717, 1.165) is 0 Å². The Kier molecular flexibility index (Phi) is 4.91. The fraction of sp³-hybridized carbons (Fsp3) is 0.316. The van der Waals surface area contributed by atoms with Crippen LogP contribution in [-0.2, 0) is 16.2 Å². The van der Waals surface area contributed by atoms with E-state index in [9.17, 15) is 21.6 Å². The van der Waals surface area contributed by atoms with Crippen LogP contribution >= 0.6 is 11.6 Å². The van der Waals surface area contributed by atoms with Gasteiger partial charge in [0.2, 0.25) is 15.8 Å². The Morgan fingerprint density at radius 2 is 1.88 bits per heavy atom. The van der Waals surface area contributed by atoms with Crippen LogP contribution in [0.5, 0.6) is 0 Å². The highest BCUT2D eigenvalue weighted by molar-refractivity contribution is 7.89. The number of nitrogens with zero attached hydrogens (tertiary/aromatic N) is 5. The van der Waals surface area contributed by atoms with Crippen molar-refractivity contribution >= 4 is 27.4 Å². The van der Waals surface area contributed by atoms with Crippen LogP contribution in [0.15, 0.2) is 52.0 Å². The van der Waals surface area contributed by atoms with Crippen LogP contribution in [0.4, 0.5) is 19.0 Å². The molecule has 0 radical (unpaired) electrons. The number of aromatic nitrogens is 3. The first kappa shape index (κ1) is 21.2. The number of pyridine rings is 1. The Morgan fingerprint density at radius 1 is 1.09 bits per heavy atom. The number of alkyl halides is 3. The molecule has 0 spiro atoms. The number of benzene rings is 1. The molecule has 4 heterocycles. The molecule has 32 heavy (non-hydrogen) atoms. The molecular formula is C19H15ClF3N5O3S. The number of fused-ring (bicyclic) bond motifs is 2. The molecule has 13 heteroatoms. The van der Waals surface area contributed by atoms with E-state index in [2.05, 4.69) is 19.6 Å². The second-order valence-corrected chi connectivity index (χ2v) is 9.79. The lowest BCUT2D eigenvalue weighted by molar-refractivity contribution is -0.159. The summed E-state index contributed by atoms with van der Waals surface area (Å²) in [6.45, 7) is 0.739. The number of hydrogen-bond acceptors (Lipinski definition) is 7. The Hall–Kier alpha value is -2.70. The molecule has 1 aromatic carbocycles. The smallest absolute Gasteiger partial charge is 0.351 e. The lowest BCUT2D eigenvalue weighted by atomic mass is 10.2. The van der Waals surface area contributed by atoms with Gasteiger partial charge in [0, 0.05) is 36.9 Å². The summed E-state index contributed by atoms with van der Waals surface area (Å²) in [5, 5.41) is 3.53. The lowest BCUT2D eigenvalue weighted by Crippen LogP contribution is -2.49. The Labute approximate surface area is 185 Å². The average molecular weight is 486 g/mol. The molecule has 2 unspecified atom stereocenters. The van der Waals surface area contributed by atoms with Crippen molar-refractivity contribution in [3.63, 3.8) is 0 Å². The first-order valence-corrected chi connectivity index (χ1v) is 11.4. The maximum Gasteiger partial charge on any atom is 0.471 e. The van der Waals surface area contributed by atoms with Gasteiger partial charge in [-0.15, -0.1) is 0 Å². The minimum absolute atomic E-state index is 0.0716. The van der Waals surface area contributed by atoms with E-state index in [1.165, 1.54) is 16.6 Å². The van der Waals surface area contributed by atoms with E-state index in [-0.39, 0.29) is 33.4 Å². The minimum atomic E-state index is -4.72. The second kappa shape index (κ2) is 7.42. The zero-order valence-electron chi connectivity index (χ0n) is 16.2. The number of sulfonamides is 1. The maximum atomic E-state index is 13.1. The van der Waals surface area contributed by atoms with Gasteiger partial charge in [0.25, 0.3) is 0 Å². The first-order valence-electron chi connectivity index (χ1n) is 9.55. The monoisotopic (exact) mass is 485 g/mol. The molecule has 0 aliphatic carbocycles. The molecule has 8 nitrogen and oxygen atoms in total. The summed E-state index contributed by atoms with van der Waals surface area (Å²) in [6.07, 6.45) is -2.71. The highest BCUT2D eigenvalue weighted by Crippen LogP contribution is 2.38. The minimum Gasteiger partial charge on any atom is -0.351 e. The Balaban J connectivity index is 1.32. The molecule has 2 atom stereocenters. The summed E-state index contributed by atoms with van der Waals surface area (Å²) in [4.78, 5) is 9.75. The molecule has 0 N–H and O–H groups in total. The molecule has 2 bridgehead atoms. The van der Waals surface area contributed by atoms with Crippen LogP contribution in [-0.4, -0.2) is 53.0 Å². The van der Waals surface area contributed by atoms with Crippen molar-refractivity contribution in [2.45, 2.75) is 29.6 Å². The van der Waals surface area contributed by atoms with Gasteiger partial charge in [-0.2, -0.15) is 22.5 Å². The van der Waals surface area contributed by atoms with E-state index in [4.69, 9.17) is 11.6 Å². The predicted octanol–water partition coefficient (Wildman–Crippen LogP) is 3.46. The van der Waals surface area contributed by atoms with Crippen LogP contribution in [0.25, 0.3) is 11.4 Å². The lowest BCUT2D eigenvalue weighted by Gasteiger charge is -2.34. The van der Waals surface area contributed by atoms with Crippen molar-refractivity contribution in [3.8, 4) is 11.4 Å². The molecule has 168 valence electrons. The van der Waals surface area contributed by atoms with Crippen molar-refractivity contribution in [1.82, 2.24) is 19.4 Å². The molecule has 5 rings (SSSR count). The van der Waals surface area contributed by atoms with Crippen LogP contribution in [0.3, 0.4) is 0 Å². The van der Waals surface area contributed by atoms with Crippen molar-refractivity contribution in [3.05, 3.63) is 53.5 Å². The molecular weight excluding hydrogens is 471 g/mol. The molecule has 0 saturated carbocycles. The molecule has 2 aliphatic heterocycles. The van der Waals surface area contributed by atoms with Crippen molar-refractivity contribution in [1.29, 1.82) is 0 Å². The van der Waals surface area contributed by atoms with E-state index in [1.807, 2.05) is 4.90 Å². The quantitative estimate of drug-likeness (QED) is 0.558. The second-order valence-electron chi connectivity index (χ2n) is 7.53. The number of halogens is 4. The molecule has 0 amide bonds. The van der Waals surface area contributed by atoms with Gasteiger partial charge >= 0.3 is 12.1 Å². The molecule has 2 saturated heterocycles. The fourth-order valence-electron chi connectivity index (χ4n) is 4.13. The number of hydrogen-bond donors (Lipinski definition) is 0. The number of anilines is 1. The zero-order chi connectivity index (χ0) is 22.7. The third-order valence-corrected chi connectivity index (χ3v) is 8.00. The van der Waals surface area contributed by atoms with Crippen LogP contribution < -0.4 is 4.90 Å². The van der Waals surface area contributed by atoms with E-state index in [0.29, 0.717) is 25.3 Å². The van der Waals surface area contributed by atoms with E-state index >= 15 is 0 Å². The highest BCUT2D eigenvalue weighted by Gasteiger charge is 2.49. The van der Waals surface area contributed by atoms with Gasteiger partial charge < -0.3 is 9.42 Å². The summed E-state index contributed by atoms with van der Waals surface area (Å²) in [5.41, 5.74) is 0.278. The summed E-state index contributed by atoms with van der Waals surface area (Å²) in [7, 11) is -3.72. The largest absolute Gasteiger partial charge is 0.471 e. The number of rotatable bonds is 4. The van der Waals surface area contributed by atoms with Crippen molar-refractivity contribution in [2.24, 2.45) is 0 Å². The van der Waals surface area contributed by atoms with Gasteiger partial charge in [-0.3, -0.25) is 0 Å². The van der Waals surface area contributed by atoms with Gasteiger partial charge in [0.05, 0.1) is 5.02 Å². The summed E-state index contributed by atoms with van der Waals surface area (Å²) in [5.74, 6) is -1.04. The normalized spacial score (nSPS) is 21.4. The van der Waals surface area contributed by atoms with Crippen molar-refractivity contribution in [2.75, 3.05) is 18.0 Å². The summed E-state index contributed by atoms with van der Waals surface area (Å²) < 4.78 is 69.8. The van der Waals surface area contributed by atoms with Crippen LogP contribution in [0.2, 0.25) is 5.02 Å². The molecule has 3 aromatic rings. The summed E-state index contributed by atoms with van der Waals surface area (Å²) >= 11 is 6.10. The van der Waals surface area contributed by atoms with E-state index in [1.54, 1.807) is 30.3 Å². The first-order chi connectivity index (χ1) is 15.1. The van der Waals surface area contributed by atoms with Gasteiger partial charge in [-0.05, 0) is 30.7 Å². The zero-order valence-corrected chi connectivity index (χ0v) is 17.8. The third-order valence-electron chi connectivity index (χ3n) is 5.58. The molecule has 2 aromatic heterocycles. The topological polar surface area (TPSA) is 92.4 Å². The van der Waals surface area contributed by atoms with E-state index < -0.39 is 22.1 Å². The third kappa shape index (κ3) is 3.51. The highest BCUT2D eigenvalue weighted by atomic mass is 35.5. The van der Waals surface area contributed by atoms with Gasteiger partial charge in [-0.1, -0.05) is 28.9 Å². The molecule has 2 fully saturated rings. The van der Waals surface area contributed by atoms with Crippen molar-refractivity contribution < 1.29 is 26.1 Å².